The van der Waals surface area contributed by atoms with Gasteiger partial charge < -0.3 is 10.5 Å². The number of nitrogens with two attached hydrogens (primary N) is 1. The molecule has 2 nitrogen and oxygen atoms in total. The maximum atomic E-state index is 6.02. The van der Waals surface area contributed by atoms with Gasteiger partial charge in [0.1, 0.15) is 11.5 Å². The standard InChI is InChI=1S/C17H19BrClNO/c1-3-14(20)9-12-4-6-15(8-11(12)2)21-17-7-5-13(19)10-16(17)18/h4-8,10,14H,3,9,20H2,1-2H3. The van der Waals surface area contributed by atoms with Crippen LogP contribution in [0.3, 0.4) is 0 Å². The van der Waals surface area contributed by atoms with E-state index in [-0.39, 0.29) is 6.04 Å². The lowest BCUT2D eigenvalue weighted by Gasteiger charge is -2.13. The molecule has 21 heavy (non-hydrogen) atoms. The molecule has 2 aromatic rings. The molecule has 0 aromatic heterocycles. The highest BCUT2D eigenvalue weighted by Crippen LogP contribution is 2.32. The zero-order valence-electron chi connectivity index (χ0n) is 12.2. The Morgan fingerprint density at radius 2 is 2.00 bits per heavy atom. The van der Waals surface area contributed by atoms with E-state index in [0.717, 1.165) is 28.8 Å². The number of aryl methyl sites for hydroxylation is 1. The fourth-order valence-electron chi connectivity index (χ4n) is 2.07. The molecule has 4 heteroatoms. The summed E-state index contributed by atoms with van der Waals surface area (Å²) in [7, 11) is 0. The van der Waals surface area contributed by atoms with Crippen molar-refractivity contribution in [1.29, 1.82) is 0 Å². The van der Waals surface area contributed by atoms with Crippen LogP contribution in [0.4, 0.5) is 0 Å². The van der Waals surface area contributed by atoms with Gasteiger partial charge in [0.25, 0.3) is 0 Å². The van der Waals surface area contributed by atoms with Gasteiger partial charge in [-0.15, -0.1) is 0 Å². The molecule has 0 aliphatic heterocycles. The average molecular weight is 369 g/mol. The summed E-state index contributed by atoms with van der Waals surface area (Å²) < 4.78 is 6.73. The van der Waals surface area contributed by atoms with Crippen LogP contribution in [-0.2, 0) is 6.42 Å². The summed E-state index contributed by atoms with van der Waals surface area (Å²) >= 11 is 9.38. The van der Waals surface area contributed by atoms with Gasteiger partial charge in [-0.25, -0.2) is 0 Å². The highest BCUT2D eigenvalue weighted by Gasteiger charge is 2.08. The van der Waals surface area contributed by atoms with Crippen LogP contribution in [0.1, 0.15) is 24.5 Å². The highest BCUT2D eigenvalue weighted by molar-refractivity contribution is 9.10. The van der Waals surface area contributed by atoms with Gasteiger partial charge in [0, 0.05) is 11.1 Å². The first kappa shape index (κ1) is 16.3. The van der Waals surface area contributed by atoms with Crippen molar-refractivity contribution in [3.05, 3.63) is 57.0 Å². The third-order valence-electron chi connectivity index (χ3n) is 3.44. The zero-order chi connectivity index (χ0) is 15.4. The topological polar surface area (TPSA) is 35.2 Å². The predicted octanol–water partition coefficient (Wildman–Crippen LogP) is 5.48. The Morgan fingerprint density at radius 1 is 1.24 bits per heavy atom. The Morgan fingerprint density at radius 3 is 2.62 bits per heavy atom. The van der Waals surface area contributed by atoms with Gasteiger partial charge in [-0.1, -0.05) is 24.6 Å². The Bertz CT molecular complexity index is 630. The van der Waals surface area contributed by atoms with Crippen LogP contribution in [0, 0.1) is 6.92 Å². The minimum atomic E-state index is 0.209. The van der Waals surface area contributed by atoms with Crippen molar-refractivity contribution in [2.75, 3.05) is 0 Å². The van der Waals surface area contributed by atoms with E-state index in [1.807, 2.05) is 30.3 Å². The fraction of sp³-hybridized carbons (Fsp3) is 0.294. The van der Waals surface area contributed by atoms with E-state index < -0.39 is 0 Å². The van der Waals surface area contributed by atoms with Crippen LogP contribution in [-0.4, -0.2) is 6.04 Å². The first-order chi connectivity index (χ1) is 9.99. The largest absolute Gasteiger partial charge is 0.456 e. The number of hydrogen-bond donors (Lipinski definition) is 1. The molecule has 0 radical (unpaired) electrons. The van der Waals surface area contributed by atoms with Crippen molar-refractivity contribution in [2.24, 2.45) is 5.73 Å². The normalized spacial score (nSPS) is 12.2. The van der Waals surface area contributed by atoms with E-state index in [1.165, 1.54) is 11.1 Å². The molecule has 0 heterocycles. The molecule has 0 bridgehead atoms. The highest BCUT2D eigenvalue weighted by atomic mass is 79.9. The molecule has 0 aliphatic carbocycles. The third-order valence-corrected chi connectivity index (χ3v) is 4.30. The lowest BCUT2D eigenvalue weighted by atomic mass is 10.00. The first-order valence-electron chi connectivity index (χ1n) is 6.97. The summed E-state index contributed by atoms with van der Waals surface area (Å²) in [5.74, 6) is 1.56. The molecule has 112 valence electrons. The monoisotopic (exact) mass is 367 g/mol. The minimum Gasteiger partial charge on any atom is -0.456 e. The Balaban J connectivity index is 2.16. The van der Waals surface area contributed by atoms with Crippen molar-refractivity contribution in [3.8, 4) is 11.5 Å². The average Bonchev–Trinajstić information content (AvgIpc) is 2.44. The molecule has 0 fully saturated rings. The van der Waals surface area contributed by atoms with Crippen LogP contribution in [0.2, 0.25) is 5.02 Å². The molecule has 1 unspecified atom stereocenters. The number of rotatable bonds is 5. The summed E-state index contributed by atoms with van der Waals surface area (Å²) in [6.07, 6.45) is 1.88. The number of benzene rings is 2. The molecular weight excluding hydrogens is 350 g/mol. The van der Waals surface area contributed by atoms with Crippen molar-refractivity contribution >= 4 is 27.5 Å². The summed E-state index contributed by atoms with van der Waals surface area (Å²) in [6, 6.07) is 11.8. The second kappa shape index (κ2) is 7.30. The van der Waals surface area contributed by atoms with Crippen molar-refractivity contribution in [1.82, 2.24) is 0 Å². The zero-order valence-corrected chi connectivity index (χ0v) is 14.5. The van der Waals surface area contributed by atoms with E-state index in [0.29, 0.717) is 5.02 Å². The summed E-state index contributed by atoms with van der Waals surface area (Å²) in [5, 5.41) is 0.675. The SMILES string of the molecule is CCC(N)Cc1ccc(Oc2ccc(Cl)cc2Br)cc1C. The molecular formula is C17H19BrClNO. The molecule has 0 saturated carbocycles. The van der Waals surface area contributed by atoms with Gasteiger partial charge in [0.15, 0.2) is 0 Å². The molecule has 2 N–H and O–H groups in total. The molecule has 0 aliphatic rings. The van der Waals surface area contributed by atoms with Gasteiger partial charge in [-0.3, -0.25) is 0 Å². The van der Waals surface area contributed by atoms with Crippen LogP contribution < -0.4 is 10.5 Å². The smallest absolute Gasteiger partial charge is 0.141 e. The van der Waals surface area contributed by atoms with E-state index in [4.69, 9.17) is 22.1 Å². The van der Waals surface area contributed by atoms with Crippen LogP contribution in [0.5, 0.6) is 11.5 Å². The van der Waals surface area contributed by atoms with Gasteiger partial charge in [0.2, 0.25) is 0 Å². The van der Waals surface area contributed by atoms with Crippen LogP contribution in [0.15, 0.2) is 40.9 Å². The predicted molar refractivity (Wildman–Crippen MR) is 92.4 cm³/mol. The molecule has 0 saturated heterocycles. The number of ether oxygens (including phenoxy) is 1. The molecule has 0 spiro atoms. The van der Waals surface area contributed by atoms with Crippen LogP contribution >= 0.6 is 27.5 Å². The Labute approximate surface area is 139 Å². The summed E-state index contributed by atoms with van der Waals surface area (Å²) in [4.78, 5) is 0. The Kier molecular flexibility index (Phi) is 5.68. The quantitative estimate of drug-likeness (QED) is 0.758. The molecule has 0 amide bonds. The lowest BCUT2D eigenvalue weighted by molar-refractivity contribution is 0.479. The maximum absolute atomic E-state index is 6.02. The maximum Gasteiger partial charge on any atom is 0.141 e. The van der Waals surface area contributed by atoms with E-state index in [1.54, 1.807) is 0 Å². The van der Waals surface area contributed by atoms with Gasteiger partial charge in [-0.2, -0.15) is 0 Å². The summed E-state index contributed by atoms with van der Waals surface area (Å²) in [5.41, 5.74) is 8.49. The van der Waals surface area contributed by atoms with Gasteiger partial charge >= 0.3 is 0 Å². The van der Waals surface area contributed by atoms with E-state index >= 15 is 0 Å². The number of halogens is 2. The second-order valence-corrected chi connectivity index (χ2v) is 6.43. The molecule has 2 aromatic carbocycles. The second-order valence-electron chi connectivity index (χ2n) is 5.14. The van der Waals surface area contributed by atoms with Crippen molar-refractivity contribution in [3.63, 3.8) is 0 Å². The minimum absolute atomic E-state index is 0.209. The van der Waals surface area contributed by atoms with Gasteiger partial charge in [-0.05, 0) is 77.2 Å². The number of hydrogen-bond acceptors (Lipinski definition) is 2. The Hall–Kier alpha value is -1.03. The van der Waals surface area contributed by atoms with Crippen LogP contribution in [0.25, 0.3) is 0 Å². The first-order valence-corrected chi connectivity index (χ1v) is 8.14. The fourth-order valence-corrected chi connectivity index (χ4v) is 2.84. The summed E-state index contributed by atoms with van der Waals surface area (Å²) in [6.45, 7) is 4.19. The van der Waals surface area contributed by atoms with Crippen molar-refractivity contribution in [2.45, 2.75) is 32.7 Å². The van der Waals surface area contributed by atoms with E-state index in [9.17, 15) is 0 Å². The molecule has 1 atom stereocenters. The van der Waals surface area contributed by atoms with E-state index in [2.05, 4.69) is 35.8 Å². The third kappa shape index (κ3) is 4.47. The lowest BCUT2D eigenvalue weighted by Crippen LogP contribution is -2.21. The van der Waals surface area contributed by atoms with Gasteiger partial charge in [0.05, 0.1) is 4.47 Å². The van der Waals surface area contributed by atoms with Crippen molar-refractivity contribution < 1.29 is 4.74 Å². The molecule has 2 rings (SSSR count).